The lowest BCUT2D eigenvalue weighted by Crippen LogP contribution is -1.95. The van der Waals surface area contributed by atoms with Gasteiger partial charge in [-0.05, 0) is 17.2 Å². The largest absolute Gasteiger partial charge is 0.392 e. The van der Waals surface area contributed by atoms with Gasteiger partial charge in [-0.15, -0.1) is 0 Å². The molecule has 0 aliphatic heterocycles. The zero-order chi connectivity index (χ0) is 14.7. The van der Waals surface area contributed by atoms with Gasteiger partial charge in [0.2, 0.25) is 0 Å². The average Bonchev–Trinajstić information content (AvgIpc) is 2.46. The first-order valence-corrected chi connectivity index (χ1v) is 5.66. The molecular weight excluding hydrogens is 264 g/mol. The molecule has 0 fully saturated rings. The molecule has 2 aromatic rings. The predicted molar refractivity (Wildman–Crippen MR) is 71.1 cm³/mol. The van der Waals surface area contributed by atoms with Crippen LogP contribution in [0.5, 0.6) is 0 Å². The molecule has 7 heteroatoms. The minimum Gasteiger partial charge on any atom is -0.392 e. The van der Waals surface area contributed by atoms with Gasteiger partial charge in [0.15, 0.2) is 0 Å². The van der Waals surface area contributed by atoms with Crippen LogP contribution in [0.1, 0.15) is 5.56 Å². The summed E-state index contributed by atoms with van der Waals surface area (Å²) in [5.74, 6) is 0. The molecule has 0 saturated heterocycles. The number of benzene rings is 2. The Morgan fingerprint density at radius 2 is 1.60 bits per heavy atom. The first-order valence-electron chi connectivity index (χ1n) is 5.66. The molecule has 0 amide bonds. The van der Waals surface area contributed by atoms with Crippen molar-refractivity contribution in [3.63, 3.8) is 0 Å². The minimum absolute atomic E-state index is 0.122. The van der Waals surface area contributed by atoms with Crippen LogP contribution in [-0.2, 0) is 6.61 Å². The van der Waals surface area contributed by atoms with E-state index in [1.165, 1.54) is 12.1 Å². The second kappa shape index (κ2) is 5.45. The molecule has 0 aliphatic carbocycles. The Morgan fingerprint density at radius 1 is 0.950 bits per heavy atom. The number of nitro benzene ring substituents is 2. The van der Waals surface area contributed by atoms with Crippen molar-refractivity contribution in [2.45, 2.75) is 6.61 Å². The smallest absolute Gasteiger partial charge is 0.284 e. The van der Waals surface area contributed by atoms with Gasteiger partial charge in [0, 0.05) is 6.07 Å². The van der Waals surface area contributed by atoms with Crippen molar-refractivity contribution >= 4 is 11.4 Å². The Kier molecular flexibility index (Phi) is 3.72. The van der Waals surface area contributed by atoms with Gasteiger partial charge in [-0.1, -0.05) is 24.3 Å². The topological polar surface area (TPSA) is 107 Å². The first-order chi connectivity index (χ1) is 9.52. The average molecular weight is 274 g/mol. The van der Waals surface area contributed by atoms with Crippen LogP contribution in [-0.4, -0.2) is 15.0 Å². The summed E-state index contributed by atoms with van der Waals surface area (Å²) in [6.07, 6.45) is 0. The monoisotopic (exact) mass is 274 g/mol. The fourth-order valence-corrected chi connectivity index (χ4v) is 1.82. The number of rotatable bonds is 4. The highest BCUT2D eigenvalue weighted by atomic mass is 16.6. The van der Waals surface area contributed by atoms with Gasteiger partial charge < -0.3 is 5.11 Å². The van der Waals surface area contributed by atoms with Crippen LogP contribution in [0.2, 0.25) is 0 Å². The van der Waals surface area contributed by atoms with Crippen molar-refractivity contribution in [3.8, 4) is 11.1 Å². The van der Waals surface area contributed by atoms with E-state index in [2.05, 4.69) is 0 Å². The summed E-state index contributed by atoms with van der Waals surface area (Å²) in [6, 6.07) is 10.0. The molecule has 0 bridgehead atoms. The van der Waals surface area contributed by atoms with Crippen molar-refractivity contribution in [2.75, 3.05) is 0 Å². The molecule has 0 heterocycles. The third-order valence-electron chi connectivity index (χ3n) is 2.84. The van der Waals surface area contributed by atoms with Gasteiger partial charge in [-0.25, -0.2) is 0 Å². The molecule has 1 N–H and O–H groups in total. The number of nitro groups is 2. The number of non-ortho nitro benzene ring substituents is 1. The number of hydrogen-bond donors (Lipinski definition) is 1. The van der Waals surface area contributed by atoms with Gasteiger partial charge in [0.25, 0.3) is 11.4 Å². The summed E-state index contributed by atoms with van der Waals surface area (Å²) < 4.78 is 0. The second-order valence-electron chi connectivity index (χ2n) is 4.07. The van der Waals surface area contributed by atoms with Gasteiger partial charge in [-0.3, -0.25) is 20.2 Å². The van der Waals surface area contributed by atoms with E-state index in [9.17, 15) is 20.2 Å². The molecule has 2 aromatic carbocycles. The minimum atomic E-state index is -0.675. The zero-order valence-corrected chi connectivity index (χ0v) is 10.2. The maximum atomic E-state index is 11.0. The van der Waals surface area contributed by atoms with Crippen LogP contribution in [0, 0.1) is 20.2 Å². The Balaban J connectivity index is 2.54. The lowest BCUT2D eigenvalue weighted by molar-refractivity contribution is -0.393. The highest BCUT2D eigenvalue weighted by Crippen LogP contribution is 2.33. The van der Waals surface area contributed by atoms with Crippen molar-refractivity contribution in [1.29, 1.82) is 0 Å². The van der Waals surface area contributed by atoms with E-state index in [1.807, 2.05) is 0 Å². The van der Waals surface area contributed by atoms with Crippen molar-refractivity contribution in [2.24, 2.45) is 0 Å². The molecule has 7 nitrogen and oxygen atoms in total. The van der Waals surface area contributed by atoms with E-state index in [0.717, 1.165) is 6.07 Å². The maximum absolute atomic E-state index is 11.0. The lowest BCUT2D eigenvalue weighted by atomic mass is 10.0. The standard InChI is InChI=1S/C13H10N2O5/c16-8-9-1-3-10(4-2-9)12-6-5-11(14(17)18)7-13(12)15(19)20/h1-7,16H,8H2. The van der Waals surface area contributed by atoms with E-state index >= 15 is 0 Å². The van der Waals surface area contributed by atoms with Gasteiger partial charge in [0.1, 0.15) is 0 Å². The van der Waals surface area contributed by atoms with Gasteiger partial charge >= 0.3 is 0 Å². The molecule has 0 atom stereocenters. The van der Waals surface area contributed by atoms with Gasteiger partial charge in [-0.2, -0.15) is 0 Å². The molecule has 0 aliphatic rings. The molecule has 0 saturated carbocycles. The molecule has 102 valence electrons. The molecule has 0 aromatic heterocycles. The molecule has 20 heavy (non-hydrogen) atoms. The van der Waals surface area contributed by atoms with Crippen LogP contribution in [0.25, 0.3) is 11.1 Å². The van der Waals surface area contributed by atoms with Crippen molar-refractivity contribution in [3.05, 3.63) is 68.3 Å². The van der Waals surface area contributed by atoms with Crippen molar-refractivity contribution < 1.29 is 15.0 Å². The van der Waals surface area contributed by atoms with E-state index in [4.69, 9.17) is 5.11 Å². The first kappa shape index (κ1) is 13.6. The van der Waals surface area contributed by atoms with E-state index in [1.54, 1.807) is 24.3 Å². The predicted octanol–water partition coefficient (Wildman–Crippen LogP) is 2.66. The molecule has 2 rings (SSSR count). The second-order valence-corrected chi connectivity index (χ2v) is 4.07. The van der Waals surface area contributed by atoms with Crippen LogP contribution in [0.4, 0.5) is 11.4 Å². The highest BCUT2D eigenvalue weighted by molar-refractivity contribution is 5.75. The van der Waals surface area contributed by atoms with E-state index in [0.29, 0.717) is 16.7 Å². The number of nitrogens with zero attached hydrogens (tertiary/aromatic N) is 2. The lowest BCUT2D eigenvalue weighted by Gasteiger charge is -2.04. The van der Waals surface area contributed by atoms with Crippen LogP contribution >= 0.6 is 0 Å². The van der Waals surface area contributed by atoms with Crippen LogP contribution < -0.4 is 0 Å². The van der Waals surface area contributed by atoms with Crippen LogP contribution in [0.15, 0.2) is 42.5 Å². The summed E-state index contributed by atoms with van der Waals surface area (Å²) in [7, 11) is 0. The SMILES string of the molecule is O=[N+]([O-])c1ccc(-c2ccc(CO)cc2)c([N+](=O)[O-])c1. The maximum Gasteiger partial charge on any atom is 0.284 e. The molecule has 0 unspecified atom stereocenters. The van der Waals surface area contributed by atoms with E-state index in [-0.39, 0.29) is 18.0 Å². The van der Waals surface area contributed by atoms with Crippen molar-refractivity contribution in [1.82, 2.24) is 0 Å². The molecular formula is C13H10N2O5. The highest BCUT2D eigenvalue weighted by Gasteiger charge is 2.20. The number of aliphatic hydroxyl groups excluding tert-OH is 1. The zero-order valence-electron chi connectivity index (χ0n) is 10.2. The third-order valence-corrected chi connectivity index (χ3v) is 2.84. The Morgan fingerprint density at radius 3 is 2.10 bits per heavy atom. The summed E-state index contributed by atoms with van der Waals surface area (Å²) >= 11 is 0. The summed E-state index contributed by atoms with van der Waals surface area (Å²) in [5, 5.41) is 30.7. The Bertz CT molecular complexity index is 667. The quantitative estimate of drug-likeness (QED) is 0.681. The summed E-state index contributed by atoms with van der Waals surface area (Å²) in [5.41, 5.74) is 0.885. The fraction of sp³-hybridized carbons (Fsp3) is 0.0769. The number of aliphatic hydroxyl groups is 1. The van der Waals surface area contributed by atoms with E-state index < -0.39 is 9.85 Å². The Labute approximate surface area is 113 Å². The normalized spacial score (nSPS) is 10.2. The molecule has 0 radical (unpaired) electrons. The van der Waals surface area contributed by atoms with Crippen LogP contribution in [0.3, 0.4) is 0 Å². The van der Waals surface area contributed by atoms with Gasteiger partial charge in [0.05, 0.1) is 28.1 Å². The molecule has 0 spiro atoms. The summed E-state index contributed by atoms with van der Waals surface area (Å²) in [6.45, 7) is -0.122. The number of hydrogen-bond acceptors (Lipinski definition) is 5. The fourth-order valence-electron chi connectivity index (χ4n) is 1.82. The summed E-state index contributed by atoms with van der Waals surface area (Å²) in [4.78, 5) is 20.4. The third kappa shape index (κ3) is 2.62. The Hall–Kier alpha value is -2.80.